The summed E-state index contributed by atoms with van der Waals surface area (Å²) in [6.07, 6.45) is 0. The minimum Gasteiger partial charge on any atom is -0.398 e. The summed E-state index contributed by atoms with van der Waals surface area (Å²) in [6, 6.07) is 14.1. The summed E-state index contributed by atoms with van der Waals surface area (Å²) in [4.78, 5) is 0. The lowest BCUT2D eigenvalue weighted by molar-refractivity contribution is 0.590. The van der Waals surface area contributed by atoms with Gasteiger partial charge in [-0.25, -0.2) is 0 Å². The molecule has 2 heteroatoms. The van der Waals surface area contributed by atoms with E-state index in [-0.39, 0.29) is 5.41 Å². The molecule has 2 nitrogen and oxygen atoms in total. The highest BCUT2D eigenvalue weighted by molar-refractivity contribution is 5.86. The molecule has 18 heavy (non-hydrogen) atoms. The van der Waals surface area contributed by atoms with Crippen LogP contribution in [0.4, 0.5) is 11.4 Å². The topological polar surface area (TPSA) is 52.0 Å². The molecule has 0 aliphatic heterocycles. The van der Waals surface area contributed by atoms with Crippen LogP contribution in [0.25, 0.3) is 11.1 Å². The minimum absolute atomic E-state index is 0.159. The fourth-order valence-corrected chi connectivity index (χ4v) is 2.06. The molecule has 0 heterocycles. The fraction of sp³-hybridized carbons (Fsp3) is 0.250. The molecule has 0 saturated heterocycles. The summed E-state index contributed by atoms with van der Waals surface area (Å²) >= 11 is 0. The molecule has 2 aromatic rings. The van der Waals surface area contributed by atoms with E-state index >= 15 is 0 Å². The lowest BCUT2D eigenvalue weighted by Crippen LogP contribution is -2.10. The Bertz CT molecular complexity index is 528. The molecular weight excluding hydrogens is 220 g/mol. The van der Waals surface area contributed by atoms with Crippen LogP contribution in [-0.2, 0) is 5.41 Å². The average Bonchev–Trinajstić information content (AvgIpc) is 2.28. The Morgan fingerprint density at radius 3 is 1.72 bits per heavy atom. The maximum atomic E-state index is 6.00. The molecule has 4 N–H and O–H groups in total. The number of nitrogens with two attached hydrogens (primary N) is 2. The Labute approximate surface area is 109 Å². The van der Waals surface area contributed by atoms with Gasteiger partial charge in [0.05, 0.1) is 0 Å². The van der Waals surface area contributed by atoms with E-state index in [2.05, 4.69) is 45.0 Å². The lowest BCUT2D eigenvalue weighted by atomic mass is 9.86. The Morgan fingerprint density at radius 1 is 0.778 bits per heavy atom. The van der Waals surface area contributed by atoms with Crippen LogP contribution in [0.15, 0.2) is 42.5 Å². The van der Waals surface area contributed by atoms with Crippen molar-refractivity contribution in [2.75, 3.05) is 11.5 Å². The van der Waals surface area contributed by atoms with Gasteiger partial charge in [0.2, 0.25) is 0 Å². The molecule has 94 valence electrons. The van der Waals surface area contributed by atoms with Crippen molar-refractivity contribution in [1.82, 2.24) is 0 Å². The first-order chi connectivity index (χ1) is 8.39. The average molecular weight is 240 g/mol. The summed E-state index contributed by atoms with van der Waals surface area (Å²) < 4.78 is 0. The van der Waals surface area contributed by atoms with Crippen LogP contribution in [-0.4, -0.2) is 0 Å². The standard InChI is InChI=1S/C16H20N2/c1-16(2,3)12-9-7-11(8-10-12)15-13(17)5-4-6-14(15)18/h4-10H,17-18H2,1-3H3. The molecule has 0 radical (unpaired) electrons. The molecule has 0 unspecified atom stereocenters. The lowest BCUT2D eigenvalue weighted by Gasteiger charge is -2.19. The third-order valence-electron chi connectivity index (χ3n) is 3.17. The number of rotatable bonds is 1. The highest BCUT2D eigenvalue weighted by atomic mass is 14.6. The van der Waals surface area contributed by atoms with Gasteiger partial charge >= 0.3 is 0 Å². The zero-order valence-electron chi connectivity index (χ0n) is 11.2. The van der Waals surface area contributed by atoms with Crippen molar-refractivity contribution < 1.29 is 0 Å². The van der Waals surface area contributed by atoms with Crippen molar-refractivity contribution in [3.05, 3.63) is 48.0 Å². The van der Waals surface area contributed by atoms with E-state index in [4.69, 9.17) is 11.5 Å². The van der Waals surface area contributed by atoms with E-state index in [1.54, 1.807) is 0 Å². The normalized spacial score (nSPS) is 11.5. The SMILES string of the molecule is CC(C)(C)c1ccc(-c2c(N)cccc2N)cc1. The molecule has 0 aliphatic rings. The van der Waals surface area contributed by atoms with Gasteiger partial charge in [0.25, 0.3) is 0 Å². The molecule has 0 saturated carbocycles. The van der Waals surface area contributed by atoms with Gasteiger partial charge in [-0.15, -0.1) is 0 Å². The summed E-state index contributed by atoms with van der Waals surface area (Å²) in [5.41, 5.74) is 16.9. The Morgan fingerprint density at radius 2 is 1.28 bits per heavy atom. The van der Waals surface area contributed by atoms with Gasteiger partial charge in [-0.05, 0) is 28.7 Å². The van der Waals surface area contributed by atoms with Crippen LogP contribution in [0.2, 0.25) is 0 Å². The third kappa shape index (κ3) is 2.33. The smallest absolute Gasteiger partial charge is 0.0414 e. The van der Waals surface area contributed by atoms with Crippen molar-refractivity contribution >= 4 is 11.4 Å². The van der Waals surface area contributed by atoms with Crippen molar-refractivity contribution in [1.29, 1.82) is 0 Å². The van der Waals surface area contributed by atoms with Crippen LogP contribution in [0.5, 0.6) is 0 Å². The van der Waals surface area contributed by atoms with E-state index in [1.807, 2.05) is 18.2 Å². The molecule has 2 aromatic carbocycles. The van der Waals surface area contributed by atoms with Crippen LogP contribution >= 0.6 is 0 Å². The van der Waals surface area contributed by atoms with Gasteiger partial charge in [0.15, 0.2) is 0 Å². The van der Waals surface area contributed by atoms with E-state index < -0.39 is 0 Å². The van der Waals surface area contributed by atoms with E-state index in [0.29, 0.717) is 0 Å². The maximum absolute atomic E-state index is 6.00. The number of anilines is 2. The van der Waals surface area contributed by atoms with Gasteiger partial charge in [-0.3, -0.25) is 0 Å². The summed E-state index contributed by atoms with van der Waals surface area (Å²) in [5.74, 6) is 0. The molecule has 0 amide bonds. The second-order valence-electron chi connectivity index (χ2n) is 5.64. The van der Waals surface area contributed by atoms with Crippen LogP contribution in [0.3, 0.4) is 0 Å². The van der Waals surface area contributed by atoms with Gasteiger partial charge in [0.1, 0.15) is 0 Å². The van der Waals surface area contributed by atoms with Crippen molar-refractivity contribution in [2.24, 2.45) is 0 Å². The molecular formula is C16H20N2. The number of nitrogen functional groups attached to an aromatic ring is 2. The Balaban J connectivity index is 2.47. The minimum atomic E-state index is 0.159. The highest BCUT2D eigenvalue weighted by Gasteiger charge is 2.14. The molecule has 0 spiro atoms. The maximum Gasteiger partial charge on any atom is 0.0414 e. The van der Waals surface area contributed by atoms with Crippen molar-refractivity contribution in [3.8, 4) is 11.1 Å². The van der Waals surface area contributed by atoms with Gasteiger partial charge in [-0.1, -0.05) is 51.1 Å². The van der Waals surface area contributed by atoms with Gasteiger partial charge < -0.3 is 11.5 Å². The molecule has 0 atom stereocenters. The van der Waals surface area contributed by atoms with E-state index in [9.17, 15) is 0 Å². The summed E-state index contributed by atoms with van der Waals surface area (Å²) in [5, 5.41) is 0. The molecule has 0 fully saturated rings. The molecule has 2 rings (SSSR count). The number of benzene rings is 2. The zero-order chi connectivity index (χ0) is 13.3. The number of hydrogen-bond acceptors (Lipinski definition) is 2. The quantitative estimate of drug-likeness (QED) is 0.745. The summed E-state index contributed by atoms with van der Waals surface area (Å²) in [7, 11) is 0. The van der Waals surface area contributed by atoms with Crippen LogP contribution in [0, 0.1) is 0 Å². The van der Waals surface area contributed by atoms with E-state index in [0.717, 1.165) is 22.5 Å². The largest absolute Gasteiger partial charge is 0.398 e. The third-order valence-corrected chi connectivity index (χ3v) is 3.17. The molecule has 0 aliphatic carbocycles. The summed E-state index contributed by atoms with van der Waals surface area (Å²) in [6.45, 7) is 6.60. The second kappa shape index (κ2) is 4.37. The Hall–Kier alpha value is -1.96. The molecule has 0 bridgehead atoms. The highest BCUT2D eigenvalue weighted by Crippen LogP contribution is 2.33. The molecule has 0 aromatic heterocycles. The van der Waals surface area contributed by atoms with Crippen molar-refractivity contribution in [3.63, 3.8) is 0 Å². The first-order valence-electron chi connectivity index (χ1n) is 6.14. The number of hydrogen-bond donors (Lipinski definition) is 2. The predicted octanol–water partition coefficient (Wildman–Crippen LogP) is 3.82. The zero-order valence-corrected chi connectivity index (χ0v) is 11.2. The van der Waals surface area contributed by atoms with Crippen LogP contribution in [0.1, 0.15) is 26.3 Å². The second-order valence-corrected chi connectivity index (χ2v) is 5.64. The van der Waals surface area contributed by atoms with Gasteiger partial charge in [0, 0.05) is 16.9 Å². The van der Waals surface area contributed by atoms with Crippen LogP contribution < -0.4 is 11.5 Å². The Kier molecular flexibility index (Phi) is 3.04. The van der Waals surface area contributed by atoms with Gasteiger partial charge in [-0.2, -0.15) is 0 Å². The van der Waals surface area contributed by atoms with Crippen molar-refractivity contribution in [2.45, 2.75) is 26.2 Å². The van der Waals surface area contributed by atoms with E-state index in [1.165, 1.54) is 5.56 Å². The predicted molar refractivity (Wildman–Crippen MR) is 79.4 cm³/mol. The fourth-order valence-electron chi connectivity index (χ4n) is 2.06. The first kappa shape index (κ1) is 12.5. The monoisotopic (exact) mass is 240 g/mol. The first-order valence-corrected chi connectivity index (χ1v) is 6.14.